The summed E-state index contributed by atoms with van der Waals surface area (Å²) in [4.78, 5) is 16.8. The molecule has 1 heterocycles. The van der Waals surface area contributed by atoms with Gasteiger partial charge in [-0.1, -0.05) is 48.9 Å². The van der Waals surface area contributed by atoms with Gasteiger partial charge in [0.1, 0.15) is 5.76 Å². The highest BCUT2D eigenvalue weighted by Gasteiger charge is 2.28. The number of rotatable bonds is 8. The molecular weight excluding hydrogens is 402 g/mol. The Labute approximate surface area is 189 Å². The minimum Gasteiger partial charge on any atom is -0.423 e. The van der Waals surface area contributed by atoms with Crippen LogP contribution in [0.2, 0.25) is 0 Å². The summed E-state index contributed by atoms with van der Waals surface area (Å²) in [6, 6.07) is 14.2. The zero-order valence-electron chi connectivity index (χ0n) is 18.3. The lowest BCUT2D eigenvalue weighted by Crippen LogP contribution is -2.39. The number of thiophene rings is 1. The Morgan fingerprint density at radius 3 is 2.81 bits per heavy atom. The van der Waals surface area contributed by atoms with Crippen LogP contribution in [0.25, 0.3) is 0 Å². The molecule has 0 bridgehead atoms. The number of nitrogens with zero attached hydrogens (tertiary/aromatic N) is 1. The molecule has 4 heteroatoms. The molecule has 0 spiro atoms. The van der Waals surface area contributed by atoms with E-state index in [4.69, 9.17) is 4.74 Å². The van der Waals surface area contributed by atoms with Crippen molar-refractivity contribution in [1.29, 1.82) is 0 Å². The Morgan fingerprint density at radius 2 is 2.03 bits per heavy atom. The van der Waals surface area contributed by atoms with E-state index in [0.717, 1.165) is 51.0 Å². The zero-order valence-corrected chi connectivity index (χ0v) is 19.1. The van der Waals surface area contributed by atoms with Crippen molar-refractivity contribution in [3.63, 3.8) is 0 Å². The van der Waals surface area contributed by atoms with Gasteiger partial charge < -0.3 is 4.74 Å². The molecule has 2 aliphatic rings. The molecule has 162 valence electrons. The predicted octanol–water partition coefficient (Wildman–Crippen LogP) is 6.55. The number of carbonyl (C=O) groups excluding carboxylic acids is 1. The van der Waals surface area contributed by atoms with Crippen LogP contribution in [0.4, 0.5) is 0 Å². The molecule has 0 saturated carbocycles. The summed E-state index contributed by atoms with van der Waals surface area (Å²) >= 11 is 1.85. The van der Waals surface area contributed by atoms with Gasteiger partial charge in [-0.2, -0.15) is 0 Å². The van der Waals surface area contributed by atoms with Crippen molar-refractivity contribution in [3.05, 3.63) is 93.4 Å². The first-order valence-corrected chi connectivity index (χ1v) is 12.2. The molecule has 0 aliphatic heterocycles. The summed E-state index contributed by atoms with van der Waals surface area (Å²) in [5, 5.41) is 2.17. The fourth-order valence-corrected chi connectivity index (χ4v) is 5.28. The molecule has 31 heavy (non-hydrogen) atoms. The molecule has 1 atom stereocenters. The van der Waals surface area contributed by atoms with Crippen LogP contribution in [-0.4, -0.2) is 30.0 Å². The molecule has 2 aromatic rings. The zero-order chi connectivity index (χ0) is 21.5. The Bertz CT molecular complexity index is 956. The van der Waals surface area contributed by atoms with Crippen molar-refractivity contribution in [2.24, 2.45) is 0 Å². The van der Waals surface area contributed by atoms with Gasteiger partial charge in [0.15, 0.2) is 0 Å². The van der Waals surface area contributed by atoms with Crippen molar-refractivity contribution in [1.82, 2.24) is 4.90 Å². The largest absolute Gasteiger partial charge is 0.423 e. The second kappa shape index (κ2) is 10.7. The smallest absolute Gasteiger partial charge is 0.343 e. The van der Waals surface area contributed by atoms with Crippen LogP contribution in [0.5, 0.6) is 0 Å². The van der Waals surface area contributed by atoms with Crippen LogP contribution in [0.15, 0.2) is 83.0 Å². The number of esters is 1. The molecule has 1 aromatic carbocycles. The number of hydrogen-bond donors (Lipinski definition) is 0. The number of allylic oxidation sites excluding steroid dienone is 4. The number of benzene rings is 1. The summed E-state index contributed by atoms with van der Waals surface area (Å²) in [5.74, 6) is 0.455. The van der Waals surface area contributed by atoms with Gasteiger partial charge in [0.25, 0.3) is 0 Å². The average Bonchev–Trinajstić information content (AvgIpc) is 3.25. The van der Waals surface area contributed by atoms with E-state index in [0.29, 0.717) is 11.6 Å². The van der Waals surface area contributed by atoms with Gasteiger partial charge in [-0.25, -0.2) is 4.79 Å². The van der Waals surface area contributed by atoms with E-state index in [2.05, 4.69) is 35.4 Å². The van der Waals surface area contributed by atoms with Crippen LogP contribution in [0.1, 0.15) is 54.3 Å². The van der Waals surface area contributed by atoms with Crippen molar-refractivity contribution in [3.8, 4) is 0 Å². The maximum atomic E-state index is 12.6. The van der Waals surface area contributed by atoms with Gasteiger partial charge in [0.2, 0.25) is 0 Å². The van der Waals surface area contributed by atoms with Crippen molar-refractivity contribution < 1.29 is 9.53 Å². The van der Waals surface area contributed by atoms with E-state index in [9.17, 15) is 4.79 Å². The standard InChI is InChI=1S/C27H31NO2S/c1-2-17-28(18-16-24-12-8-19-31-24)23-14-15-25-22(20-23)11-6-7-13-26(25)30-27(29)21-9-4-3-5-10-21/h3-10,12-13,19,23H,2,11,14-18,20H2,1H3. The van der Waals surface area contributed by atoms with E-state index in [-0.39, 0.29) is 5.97 Å². The third-order valence-corrected chi connectivity index (χ3v) is 7.08. The highest BCUT2D eigenvalue weighted by molar-refractivity contribution is 7.09. The SMILES string of the molecule is CCCN(CCc1cccs1)C1CCC2=C(CC=CC=C2OC(=O)c2ccccc2)C1. The molecule has 0 saturated heterocycles. The molecule has 1 aromatic heterocycles. The monoisotopic (exact) mass is 433 g/mol. The lowest BCUT2D eigenvalue weighted by atomic mass is 9.85. The molecule has 4 rings (SSSR count). The topological polar surface area (TPSA) is 29.5 Å². The lowest BCUT2D eigenvalue weighted by molar-refractivity contribution is 0.0628. The maximum Gasteiger partial charge on any atom is 0.343 e. The summed E-state index contributed by atoms with van der Waals surface area (Å²) in [6.07, 6.45) is 12.6. The Hall–Kier alpha value is -2.43. The quantitative estimate of drug-likeness (QED) is 0.442. The molecule has 2 aliphatic carbocycles. The second-order valence-corrected chi connectivity index (χ2v) is 9.30. The average molecular weight is 434 g/mol. The van der Waals surface area contributed by atoms with Crippen LogP contribution in [-0.2, 0) is 11.2 Å². The van der Waals surface area contributed by atoms with E-state index >= 15 is 0 Å². The van der Waals surface area contributed by atoms with E-state index in [1.54, 1.807) is 12.1 Å². The first-order valence-electron chi connectivity index (χ1n) is 11.4. The number of hydrogen-bond acceptors (Lipinski definition) is 4. The minimum atomic E-state index is -0.278. The van der Waals surface area contributed by atoms with E-state index < -0.39 is 0 Å². The Kier molecular flexibility index (Phi) is 7.55. The molecule has 0 amide bonds. The van der Waals surface area contributed by atoms with Crippen LogP contribution in [0.3, 0.4) is 0 Å². The number of carbonyl (C=O) groups is 1. The molecule has 0 fully saturated rings. The van der Waals surface area contributed by atoms with Gasteiger partial charge in [0.05, 0.1) is 5.56 Å². The molecule has 0 N–H and O–H groups in total. The molecular formula is C27H31NO2S. The van der Waals surface area contributed by atoms with Crippen molar-refractivity contribution in [2.45, 2.75) is 51.5 Å². The third-order valence-electron chi connectivity index (χ3n) is 6.15. The normalized spacial score (nSPS) is 18.5. The van der Waals surface area contributed by atoms with Gasteiger partial charge >= 0.3 is 5.97 Å². The first kappa shape index (κ1) is 21.8. The predicted molar refractivity (Wildman–Crippen MR) is 128 cm³/mol. The van der Waals surface area contributed by atoms with Gasteiger partial charge in [-0.15, -0.1) is 11.3 Å². The number of ether oxygens (including phenoxy) is 1. The Morgan fingerprint density at radius 1 is 1.16 bits per heavy atom. The Balaban J connectivity index is 1.46. The summed E-state index contributed by atoms with van der Waals surface area (Å²) in [5.41, 5.74) is 3.25. The highest BCUT2D eigenvalue weighted by atomic mass is 32.1. The van der Waals surface area contributed by atoms with Crippen molar-refractivity contribution in [2.75, 3.05) is 13.1 Å². The summed E-state index contributed by atoms with van der Waals surface area (Å²) < 4.78 is 5.87. The maximum absolute atomic E-state index is 12.6. The fraction of sp³-hybridized carbons (Fsp3) is 0.370. The summed E-state index contributed by atoms with van der Waals surface area (Å²) in [7, 11) is 0. The van der Waals surface area contributed by atoms with Crippen LogP contribution in [0, 0.1) is 0 Å². The lowest BCUT2D eigenvalue weighted by Gasteiger charge is -2.36. The van der Waals surface area contributed by atoms with Gasteiger partial charge in [-0.05, 0) is 80.3 Å². The van der Waals surface area contributed by atoms with Crippen molar-refractivity contribution >= 4 is 17.3 Å². The second-order valence-electron chi connectivity index (χ2n) is 8.26. The van der Waals surface area contributed by atoms with Gasteiger partial charge in [0, 0.05) is 17.5 Å². The highest BCUT2D eigenvalue weighted by Crippen LogP contribution is 2.36. The summed E-state index contributed by atoms with van der Waals surface area (Å²) in [6.45, 7) is 4.52. The fourth-order valence-electron chi connectivity index (χ4n) is 4.58. The van der Waals surface area contributed by atoms with Crippen LogP contribution >= 0.6 is 11.3 Å². The molecule has 3 nitrogen and oxygen atoms in total. The van der Waals surface area contributed by atoms with E-state index in [1.165, 1.54) is 22.4 Å². The molecule has 0 radical (unpaired) electrons. The third kappa shape index (κ3) is 5.63. The first-order chi connectivity index (χ1) is 15.2. The minimum absolute atomic E-state index is 0.278. The van der Waals surface area contributed by atoms with E-state index in [1.807, 2.05) is 41.7 Å². The van der Waals surface area contributed by atoms with Gasteiger partial charge in [-0.3, -0.25) is 4.90 Å². The van der Waals surface area contributed by atoms with Crippen LogP contribution < -0.4 is 0 Å². The molecule has 1 unspecified atom stereocenters.